The minimum Gasteiger partial charge on any atom is -0.341 e. The van der Waals surface area contributed by atoms with Crippen molar-refractivity contribution in [1.29, 1.82) is 0 Å². The van der Waals surface area contributed by atoms with Crippen molar-refractivity contribution in [3.8, 4) is 0 Å². The van der Waals surface area contributed by atoms with E-state index in [4.69, 9.17) is 0 Å². The molecule has 0 spiro atoms. The maximum Gasteiger partial charge on any atom is 0.225 e. The van der Waals surface area contributed by atoms with E-state index in [1.807, 2.05) is 11.9 Å². The SMILES string of the molecule is Cc1cccc(CN(C)C(=O)C2CC3CC3C2)c1. The van der Waals surface area contributed by atoms with Crippen molar-refractivity contribution in [2.24, 2.45) is 17.8 Å². The van der Waals surface area contributed by atoms with E-state index < -0.39 is 0 Å². The Kier molecular flexibility index (Phi) is 2.89. The Morgan fingerprint density at radius 2 is 2.00 bits per heavy atom. The first-order valence-corrected chi connectivity index (χ1v) is 6.94. The smallest absolute Gasteiger partial charge is 0.225 e. The van der Waals surface area contributed by atoms with Gasteiger partial charge in [0.2, 0.25) is 5.91 Å². The summed E-state index contributed by atoms with van der Waals surface area (Å²) >= 11 is 0. The summed E-state index contributed by atoms with van der Waals surface area (Å²) in [7, 11) is 1.94. The number of carbonyl (C=O) groups is 1. The van der Waals surface area contributed by atoms with Crippen LogP contribution in [-0.2, 0) is 11.3 Å². The molecule has 1 aromatic rings. The van der Waals surface area contributed by atoms with Crippen molar-refractivity contribution in [2.75, 3.05) is 7.05 Å². The van der Waals surface area contributed by atoms with Gasteiger partial charge in [-0.3, -0.25) is 4.79 Å². The van der Waals surface area contributed by atoms with Gasteiger partial charge in [-0.05, 0) is 43.6 Å². The molecule has 0 bridgehead atoms. The molecule has 2 nitrogen and oxygen atoms in total. The predicted octanol–water partition coefficient (Wildman–Crippen LogP) is 3.00. The third-order valence-electron chi connectivity index (χ3n) is 4.47. The Hall–Kier alpha value is -1.31. The van der Waals surface area contributed by atoms with E-state index in [1.54, 1.807) is 0 Å². The molecule has 96 valence electrons. The van der Waals surface area contributed by atoms with Gasteiger partial charge in [-0.15, -0.1) is 0 Å². The van der Waals surface area contributed by atoms with Crippen LogP contribution in [0.1, 0.15) is 30.4 Å². The molecular formula is C16H21NO. The van der Waals surface area contributed by atoms with Crippen molar-refractivity contribution in [3.05, 3.63) is 35.4 Å². The number of amides is 1. The Balaban J connectivity index is 1.60. The molecule has 0 radical (unpaired) electrons. The highest BCUT2D eigenvalue weighted by Crippen LogP contribution is 2.54. The third kappa shape index (κ3) is 2.29. The van der Waals surface area contributed by atoms with Gasteiger partial charge in [-0.25, -0.2) is 0 Å². The summed E-state index contributed by atoms with van der Waals surface area (Å²) in [6.45, 7) is 2.84. The van der Waals surface area contributed by atoms with Crippen LogP contribution >= 0.6 is 0 Å². The zero-order valence-electron chi connectivity index (χ0n) is 11.2. The van der Waals surface area contributed by atoms with Gasteiger partial charge in [0.05, 0.1) is 0 Å². The second-order valence-corrected chi connectivity index (χ2v) is 6.11. The average molecular weight is 243 g/mol. The first-order chi connectivity index (χ1) is 8.63. The lowest BCUT2D eigenvalue weighted by Gasteiger charge is -2.22. The molecular weight excluding hydrogens is 222 g/mol. The summed E-state index contributed by atoms with van der Waals surface area (Å²) in [5.41, 5.74) is 2.49. The molecule has 2 unspecified atom stereocenters. The summed E-state index contributed by atoms with van der Waals surface area (Å²) in [5, 5.41) is 0. The Bertz CT molecular complexity index is 458. The summed E-state index contributed by atoms with van der Waals surface area (Å²) in [6, 6.07) is 8.42. The molecule has 0 aliphatic heterocycles. The van der Waals surface area contributed by atoms with Crippen molar-refractivity contribution < 1.29 is 4.79 Å². The molecule has 18 heavy (non-hydrogen) atoms. The summed E-state index contributed by atoms with van der Waals surface area (Å²) in [6.07, 6.45) is 3.66. The first-order valence-electron chi connectivity index (χ1n) is 6.94. The largest absolute Gasteiger partial charge is 0.341 e. The maximum absolute atomic E-state index is 12.3. The number of fused-ring (bicyclic) bond motifs is 1. The number of hydrogen-bond acceptors (Lipinski definition) is 1. The number of carbonyl (C=O) groups excluding carboxylic acids is 1. The van der Waals surface area contributed by atoms with Crippen LogP contribution in [0.5, 0.6) is 0 Å². The van der Waals surface area contributed by atoms with Crippen LogP contribution in [0, 0.1) is 24.7 Å². The second kappa shape index (κ2) is 4.42. The van der Waals surface area contributed by atoms with Crippen LogP contribution in [0.2, 0.25) is 0 Å². The number of rotatable bonds is 3. The molecule has 2 aliphatic carbocycles. The van der Waals surface area contributed by atoms with E-state index in [9.17, 15) is 4.79 Å². The lowest BCUT2D eigenvalue weighted by molar-refractivity contribution is -0.134. The van der Waals surface area contributed by atoms with Crippen molar-refractivity contribution >= 4 is 5.91 Å². The van der Waals surface area contributed by atoms with Gasteiger partial charge >= 0.3 is 0 Å². The van der Waals surface area contributed by atoms with Crippen molar-refractivity contribution in [3.63, 3.8) is 0 Å². The maximum atomic E-state index is 12.3. The van der Waals surface area contributed by atoms with Crippen LogP contribution < -0.4 is 0 Å². The zero-order valence-corrected chi connectivity index (χ0v) is 11.2. The summed E-state index contributed by atoms with van der Waals surface area (Å²) < 4.78 is 0. The van der Waals surface area contributed by atoms with Crippen LogP contribution in [-0.4, -0.2) is 17.9 Å². The van der Waals surface area contributed by atoms with Gasteiger partial charge in [0, 0.05) is 19.5 Å². The molecule has 2 aliphatic rings. The molecule has 0 N–H and O–H groups in total. The average Bonchev–Trinajstić information content (AvgIpc) is 2.95. The van der Waals surface area contributed by atoms with Gasteiger partial charge in [-0.2, -0.15) is 0 Å². The lowest BCUT2D eigenvalue weighted by Crippen LogP contribution is -2.31. The minimum atomic E-state index is 0.309. The van der Waals surface area contributed by atoms with E-state index >= 15 is 0 Å². The monoisotopic (exact) mass is 243 g/mol. The standard InChI is InChI=1S/C16H21NO/c1-11-4-3-5-12(6-11)10-17(2)16(18)15-8-13-7-14(13)9-15/h3-6,13-15H,7-10H2,1-2H3. The van der Waals surface area contributed by atoms with E-state index in [0.29, 0.717) is 11.8 Å². The fourth-order valence-corrected chi connectivity index (χ4v) is 3.39. The predicted molar refractivity (Wildman–Crippen MR) is 72.0 cm³/mol. The molecule has 0 saturated heterocycles. The van der Waals surface area contributed by atoms with Crippen LogP contribution in [0.4, 0.5) is 0 Å². The van der Waals surface area contributed by atoms with E-state index in [0.717, 1.165) is 31.2 Å². The normalized spacial score (nSPS) is 28.9. The molecule has 2 saturated carbocycles. The van der Waals surface area contributed by atoms with E-state index in [1.165, 1.54) is 17.5 Å². The number of nitrogens with zero attached hydrogens (tertiary/aromatic N) is 1. The Morgan fingerprint density at radius 3 is 2.67 bits per heavy atom. The van der Waals surface area contributed by atoms with Crippen LogP contribution in [0.25, 0.3) is 0 Å². The second-order valence-electron chi connectivity index (χ2n) is 6.11. The van der Waals surface area contributed by atoms with E-state index in [-0.39, 0.29) is 0 Å². The quantitative estimate of drug-likeness (QED) is 0.799. The van der Waals surface area contributed by atoms with Gasteiger partial charge in [0.1, 0.15) is 0 Å². The molecule has 2 heteroatoms. The first kappa shape index (κ1) is 11.8. The van der Waals surface area contributed by atoms with Crippen LogP contribution in [0.15, 0.2) is 24.3 Å². The minimum absolute atomic E-state index is 0.309. The van der Waals surface area contributed by atoms with Gasteiger partial charge in [0.15, 0.2) is 0 Å². The summed E-state index contributed by atoms with van der Waals surface area (Å²) in [5.74, 6) is 2.42. The van der Waals surface area contributed by atoms with Crippen LogP contribution in [0.3, 0.4) is 0 Å². The molecule has 2 fully saturated rings. The van der Waals surface area contributed by atoms with Crippen molar-refractivity contribution in [1.82, 2.24) is 4.90 Å². The highest BCUT2D eigenvalue weighted by molar-refractivity contribution is 5.79. The molecule has 0 heterocycles. The highest BCUT2D eigenvalue weighted by Gasteiger charge is 2.48. The Labute approximate surface area is 109 Å². The third-order valence-corrected chi connectivity index (χ3v) is 4.47. The number of hydrogen-bond donors (Lipinski definition) is 0. The Morgan fingerprint density at radius 1 is 1.28 bits per heavy atom. The van der Waals surface area contributed by atoms with Gasteiger partial charge < -0.3 is 4.90 Å². The number of benzene rings is 1. The molecule has 2 atom stereocenters. The van der Waals surface area contributed by atoms with Gasteiger partial charge in [-0.1, -0.05) is 29.8 Å². The van der Waals surface area contributed by atoms with Crippen molar-refractivity contribution in [2.45, 2.75) is 32.7 Å². The fraction of sp³-hybridized carbons (Fsp3) is 0.562. The molecule has 1 aromatic carbocycles. The van der Waals surface area contributed by atoms with Gasteiger partial charge in [0.25, 0.3) is 0 Å². The summed E-state index contributed by atoms with van der Waals surface area (Å²) in [4.78, 5) is 14.2. The fourth-order valence-electron chi connectivity index (χ4n) is 3.39. The topological polar surface area (TPSA) is 20.3 Å². The highest BCUT2D eigenvalue weighted by atomic mass is 16.2. The lowest BCUT2D eigenvalue weighted by atomic mass is 10.0. The molecule has 0 aromatic heterocycles. The van der Waals surface area contributed by atoms with E-state index in [2.05, 4.69) is 31.2 Å². The molecule has 3 rings (SSSR count). The zero-order chi connectivity index (χ0) is 12.7. The molecule has 1 amide bonds. The number of aryl methyl sites for hydroxylation is 1.